The molecule has 0 heterocycles. The molecule has 2 rings (SSSR count). The Bertz CT molecular complexity index is 731. The monoisotopic (exact) mass is 332 g/mol. The molecular formula is C17H20N2O3S. The number of nitrogens with one attached hydrogen (secondary N) is 1. The number of anilines is 1. The number of nitrogens with zero attached hydrogens (tertiary/aromatic N) is 1. The van der Waals surface area contributed by atoms with E-state index in [1.165, 1.54) is 11.4 Å². The van der Waals surface area contributed by atoms with Crippen molar-refractivity contribution in [3.63, 3.8) is 0 Å². The molecule has 2 aromatic rings. The van der Waals surface area contributed by atoms with E-state index in [9.17, 15) is 13.2 Å². The average molecular weight is 332 g/mol. The van der Waals surface area contributed by atoms with E-state index in [-0.39, 0.29) is 18.1 Å². The van der Waals surface area contributed by atoms with E-state index in [4.69, 9.17) is 0 Å². The average Bonchev–Trinajstić information content (AvgIpc) is 2.59. The molecule has 5 nitrogen and oxygen atoms in total. The van der Waals surface area contributed by atoms with Crippen molar-refractivity contribution in [3.05, 3.63) is 66.2 Å². The van der Waals surface area contributed by atoms with Gasteiger partial charge in [-0.25, -0.2) is 8.42 Å². The first-order valence-electron chi connectivity index (χ1n) is 7.31. The van der Waals surface area contributed by atoms with E-state index in [2.05, 4.69) is 5.32 Å². The fourth-order valence-corrected chi connectivity index (χ4v) is 3.20. The zero-order valence-corrected chi connectivity index (χ0v) is 13.8. The molecule has 0 aliphatic rings. The van der Waals surface area contributed by atoms with Gasteiger partial charge in [0.15, 0.2) is 0 Å². The van der Waals surface area contributed by atoms with E-state index < -0.39 is 10.0 Å². The van der Waals surface area contributed by atoms with Gasteiger partial charge in [-0.1, -0.05) is 48.5 Å². The predicted molar refractivity (Wildman–Crippen MR) is 91.5 cm³/mol. The SMILES string of the molecule is CN(c1ccccc1)S(=O)(=O)CCC(=O)NCc1ccccc1. The van der Waals surface area contributed by atoms with Gasteiger partial charge in [0.2, 0.25) is 15.9 Å². The Morgan fingerprint density at radius 1 is 1.00 bits per heavy atom. The molecule has 6 heteroatoms. The number of amides is 1. The van der Waals surface area contributed by atoms with E-state index in [0.717, 1.165) is 5.56 Å². The molecular weight excluding hydrogens is 312 g/mol. The smallest absolute Gasteiger partial charge is 0.235 e. The molecule has 122 valence electrons. The van der Waals surface area contributed by atoms with Gasteiger partial charge in [0.05, 0.1) is 11.4 Å². The van der Waals surface area contributed by atoms with Gasteiger partial charge in [-0.3, -0.25) is 9.10 Å². The second-order valence-corrected chi connectivity index (χ2v) is 7.25. The maximum atomic E-state index is 12.3. The summed E-state index contributed by atoms with van der Waals surface area (Å²) >= 11 is 0. The molecule has 23 heavy (non-hydrogen) atoms. The van der Waals surface area contributed by atoms with Crippen molar-refractivity contribution < 1.29 is 13.2 Å². The lowest BCUT2D eigenvalue weighted by Crippen LogP contribution is -2.32. The Morgan fingerprint density at radius 3 is 2.17 bits per heavy atom. The van der Waals surface area contributed by atoms with Crippen LogP contribution in [-0.2, 0) is 21.4 Å². The highest BCUT2D eigenvalue weighted by molar-refractivity contribution is 7.92. The Kier molecular flexibility index (Phi) is 5.76. The lowest BCUT2D eigenvalue weighted by atomic mass is 10.2. The molecule has 0 spiro atoms. The van der Waals surface area contributed by atoms with Gasteiger partial charge in [0.25, 0.3) is 0 Å². The van der Waals surface area contributed by atoms with Crippen molar-refractivity contribution in [1.82, 2.24) is 5.32 Å². The molecule has 0 unspecified atom stereocenters. The minimum absolute atomic E-state index is 0.0632. The van der Waals surface area contributed by atoms with Crippen LogP contribution in [0.4, 0.5) is 5.69 Å². The quantitative estimate of drug-likeness (QED) is 0.845. The fraction of sp³-hybridized carbons (Fsp3) is 0.235. The summed E-state index contributed by atoms with van der Waals surface area (Å²) in [6, 6.07) is 18.3. The largest absolute Gasteiger partial charge is 0.352 e. The van der Waals surface area contributed by atoms with Crippen LogP contribution in [0.2, 0.25) is 0 Å². The molecule has 0 aliphatic heterocycles. The highest BCUT2D eigenvalue weighted by Crippen LogP contribution is 2.15. The minimum Gasteiger partial charge on any atom is -0.352 e. The Labute approximate surface area is 137 Å². The standard InChI is InChI=1S/C17H20N2O3S/c1-19(16-10-6-3-7-11-16)23(21,22)13-12-17(20)18-14-15-8-4-2-5-9-15/h2-11H,12-14H2,1H3,(H,18,20). The van der Waals surface area contributed by atoms with Crippen molar-refractivity contribution in [2.24, 2.45) is 0 Å². The summed E-state index contributed by atoms with van der Waals surface area (Å²) in [7, 11) is -2.03. The van der Waals surface area contributed by atoms with Crippen molar-refractivity contribution in [1.29, 1.82) is 0 Å². The number of benzene rings is 2. The molecule has 0 saturated heterocycles. The van der Waals surface area contributed by atoms with Gasteiger partial charge in [-0.15, -0.1) is 0 Å². The Morgan fingerprint density at radius 2 is 1.57 bits per heavy atom. The summed E-state index contributed by atoms with van der Waals surface area (Å²) in [5.41, 5.74) is 1.56. The molecule has 0 radical (unpaired) electrons. The first-order chi connectivity index (χ1) is 11.0. The van der Waals surface area contributed by atoms with Gasteiger partial charge in [0, 0.05) is 20.0 Å². The predicted octanol–water partition coefficient (Wildman–Crippen LogP) is 2.16. The van der Waals surface area contributed by atoms with Crippen LogP contribution >= 0.6 is 0 Å². The Balaban J connectivity index is 1.85. The number of para-hydroxylation sites is 1. The van der Waals surface area contributed by atoms with Gasteiger partial charge < -0.3 is 5.32 Å². The van der Waals surface area contributed by atoms with Crippen molar-refractivity contribution >= 4 is 21.6 Å². The first kappa shape index (κ1) is 17.0. The third kappa shape index (κ3) is 5.10. The first-order valence-corrected chi connectivity index (χ1v) is 8.92. The zero-order chi connectivity index (χ0) is 16.7. The number of hydrogen-bond acceptors (Lipinski definition) is 3. The van der Waals surface area contributed by atoms with Gasteiger partial charge in [-0.05, 0) is 17.7 Å². The topological polar surface area (TPSA) is 66.5 Å². The fourth-order valence-electron chi connectivity index (χ4n) is 2.04. The number of carbonyl (C=O) groups is 1. The number of hydrogen-bond donors (Lipinski definition) is 1. The second-order valence-electron chi connectivity index (χ2n) is 5.13. The van der Waals surface area contributed by atoms with Crippen molar-refractivity contribution in [3.8, 4) is 0 Å². The van der Waals surface area contributed by atoms with Crippen molar-refractivity contribution in [2.75, 3.05) is 17.1 Å². The van der Waals surface area contributed by atoms with E-state index >= 15 is 0 Å². The van der Waals surface area contributed by atoms with Crippen LogP contribution in [-0.4, -0.2) is 27.1 Å². The van der Waals surface area contributed by atoms with E-state index in [1.54, 1.807) is 24.3 Å². The van der Waals surface area contributed by atoms with Gasteiger partial charge >= 0.3 is 0 Å². The van der Waals surface area contributed by atoms with E-state index in [0.29, 0.717) is 12.2 Å². The third-order valence-corrected chi connectivity index (χ3v) is 5.22. The number of rotatable bonds is 7. The second kappa shape index (κ2) is 7.78. The van der Waals surface area contributed by atoms with E-state index in [1.807, 2.05) is 36.4 Å². The molecule has 0 fully saturated rings. The maximum absolute atomic E-state index is 12.3. The normalized spacial score (nSPS) is 11.0. The molecule has 1 amide bonds. The summed E-state index contributed by atoms with van der Waals surface area (Å²) in [5, 5.41) is 2.73. The van der Waals surface area contributed by atoms with Gasteiger partial charge in [0.1, 0.15) is 0 Å². The number of carbonyl (C=O) groups excluding carboxylic acids is 1. The molecule has 1 N–H and O–H groups in total. The highest BCUT2D eigenvalue weighted by atomic mass is 32.2. The van der Waals surface area contributed by atoms with Crippen molar-refractivity contribution in [2.45, 2.75) is 13.0 Å². The summed E-state index contributed by atoms with van der Waals surface area (Å²) < 4.78 is 25.7. The van der Waals surface area contributed by atoms with Crippen LogP contribution in [0.15, 0.2) is 60.7 Å². The molecule has 2 aromatic carbocycles. The molecule has 0 aliphatic carbocycles. The zero-order valence-electron chi connectivity index (χ0n) is 13.0. The van der Waals surface area contributed by atoms with Crippen LogP contribution in [0, 0.1) is 0 Å². The van der Waals surface area contributed by atoms with Gasteiger partial charge in [-0.2, -0.15) is 0 Å². The highest BCUT2D eigenvalue weighted by Gasteiger charge is 2.19. The Hall–Kier alpha value is -2.34. The third-order valence-electron chi connectivity index (χ3n) is 3.46. The summed E-state index contributed by atoms with van der Waals surface area (Å²) in [6.45, 7) is 0.397. The van der Waals surface area contributed by atoms with Crippen LogP contribution in [0.25, 0.3) is 0 Å². The maximum Gasteiger partial charge on any atom is 0.235 e. The summed E-state index contributed by atoms with van der Waals surface area (Å²) in [4.78, 5) is 11.8. The molecule has 0 aromatic heterocycles. The number of sulfonamides is 1. The summed E-state index contributed by atoms with van der Waals surface area (Å²) in [6.07, 6.45) is -0.0632. The van der Waals surface area contributed by atoms with Crippen LogP contribution < -0.4 is 9.62 Å². The molecule has 0 bridgehead atoms. The van der Waals surface area contributed by atoms with Crippen LogP contribution in [0.1, 0.15) is 12.0 Å². The summed E-state index contributed by atoms with van der Waals surface area (Å²) in [5.74, 6) is -0.502. The molecule has 0 atom stereocenters. The molecule has 0 saturated carbocycles. The van der Waals surface area contributed by atoms with Crippen LogP contribution in [0.5, 0.6) is 0 Å². The van der Waals surface area contributed by atoms with Crippen LogP contribution in [0.3, 0.4) is 0 Å². The lowest BCUT2D eigenvalue weighted by molar-refractivity contribution is -0.120. The lowest BCUT2D eigenvalue weighted by Gasteiger charge is -2.19. The minimum atomic E-state index is -3.52.